The van der Waals surface area contributed by atoms with Gasteiger partial charge < -0.3 is 9.30 Å². The Kier molecular flexibility index (Phi) is 3.27. The maximum Gasteiger partial charge on any atom is 0.204 e. The average molecular weight is 293 g/mol. The first kappa shape index (κ1) is 12.9. The highest BCUT2D eigenvalue weighted by Gasteiger charge is 2.15. The van der Waals surface area contributed by atoms with Gasteiger partial charge in [-0.05, 0) is 24.3 Å². The van der Waals surface area contributed by atoms with E-state index >= 15 is 0 Å². The van der Waals surface area contributed by atoms with Crippen LogP contribution in [0.4, 0.5) is 0 Å². The Labute approximate surface area is 119 Å². The molecule has 0 amide bonds. The Hall–Kier alpha value is -2.15. The van der Waals surface area contributed by atoms with Gasteiger partial charge in [-0.1, -0.05) is 0 Å². The first-order valence-corrected chi connectivity index (χ1v) is 6.70. The molecule has 20 heavy (non-hydrogen) atoms. The minimum atomic E-state index is 0.342. The molecule has 0 aliphatic carbocycles. The Morgan fingerprint density at radius 1 is 1.40 bits per heavy atom. The van der Waals surface area contributed by atoms with E-state index in [9.17, 15) is 0 Å². The molecular weight excluding hydrogens is 280 g/mol. The molecule has 0 saturated carbocycles. The van der Waals surface area contributed by atoms with Crippen LogP contribution in [0.25, 0.3) is 22.4 Å². The standard InChI is InChI=1S/C12H13ClN6O/c1-3-20-9-5-7(12-15-17-18-16-12)4-8-11(9)14-10(6-13)19(8)2/h4-5H,3,6H2,1-2H3,(H,15,16,17,18). The summed E-state index contributed by atoms with van der Waals surface area (Å²) in [6, 6.07) is 3.81. The lowest BCUT2D eigenvalue weighted by Crippen LogP contribution is -1.95. The highest BCUT2D eigenvalue weighted by atomic mass is 35.5. The van der Waals surface area contributed by atoms with E-state index in [1.165, 1.54) is 0 Å². The molecule has 0 fully saturated rings. The zero-order valence-electron chi connectivity index (χ0n) is 11.1. The van der Waals surface area contributed by atoms with Gasteiger partial charge >= 0.3 is 0 Å². The van der Waals surface area contributed by atoms with E-state index in [1.54, 1.807) is 0 Å². The van der Waals surface area contributed by atoms with Crippen LogP contribution in [-0.4, -0.2) is 36.8 Å². The van der Waals surface area contributed by atoms with Crippen molar-refractivity contribution in [2.75, 3.05) is 6.61 Å². The van der Waals surface area contributed by atoms with Gasteiger partial charge in [0.2, 0.25) is 5.82 Å². The van der Waals surface area contributed by atoms with Crippen molar-refractivity contribution in [2.24, 2.45) is 7.05 Å². The van der Waals surface area contributed by atoms with E-state index in [4.69, 9.17) is 16.3 Å². The number of halogens is 1. The Morgan fingerprint density at radius 2 is 2.25 bits per heavy atom. The second-order valence-corrected chi connectivity index (χ2v) is 4.50. The fraction of sp³-hybridized carbons (Fsp3) is 0.333. The molecule has 0 spiro atoms. The SMILES string of the molecule is CCOc1cc(-c2nn[nH]n2)cc2c1nc(CCl)n2C. The Bertz CT molecular complexity index is 736. The number of hydrogen-bond donors (Lipinski definition) is 1. The molecule has 8 heteroatoms. The van der Waals surface area contributed by atoms with Gasteiger partial charge in [0.25, 0.3) is 0 Å². The minimum Gasteiger partial charge on any atom is -0.492 e. The summed E-state index contributed by atoms with van der Waals surface area (Å²) >= 11 is 5.91. The molecule has 0 radical (unpaired) electrons. The van der Waals surface area contributed by atoms with Gasteiger partial charge in [0, 0.05) is 12.6 Å². The van der Waals surface area contributed by atoms with Crippen LogP contribution in [0, 0.1) is 0 Å². The van der Waals surface area contributed by atoms with Gasteiger partial charge in [0.05, 0.1) is 18.0 Å². The lowest BCUT2D eigenvalue weighted by atomic mass is 10.1. The van der Waals surface area contributed by atoms with Crippen LogP contribution >= 0.6 is 11.6 Å². The monoisotopic (exact) mass is 292 g/mol. The second-order valence-electron chi connectivity index (χ2n) is 4.23. The summed E-state index contributed by atoms with van der Waals surface area (Å²) in [7, 11) is 1.92. The molecule has 2 aromatic heterocycles. The zero-order chi connectivity index (χ0) is 14.1. The summed E-state index contributed by atoms with van der Waals surface area (Å²) in [6.07, 6.45) is 0. The molecule has 0 bridgehead atoms. The first-order valence-electron chi connectivity index (χ1n) is 6.16. The van der Waals surface area contributed by atoms with Crippen molar-refractivity contribution in [3.05, 3.63) is 18.0 Å². The smallest absolute Gasteiger partial charge is 0.204 e. The molecule has 104 valence electrons. The van der Waals surface area contributed by atoms with Crippen LogP contribution in [0.1, 0.15) is 12.7 Å². The number of hydrogen-bond acceptors (Lipinski definition) is 5. The number of imidazole rings is 1. The molecule has 0 atom stereocenters. The second kappa shape index (κ2) is 5.09. The summed E-state index contributed by atoms with van der Waals surface area (Å²) in [4.78, 5) is 4.51. The fourth-order valence-corrected chi connectivity index (χ4v) is 2.34. The summed E-state index contributed by atoms with van der Waals surface area (Å²) in [5.74, 6) is 2.33. The van der Waals surface area contributed by atoms with Crippen molar-refractivity contribution >= 4 is 22.6 Å². The van der Waals surface area contributed by atoms with E-state index < -0.39 is 0 Å². The molecule has 1 aromatic carbocycles. The third kappa shape index (κ3) is 2.00. The van der Waals surface area contributed by atoms with Gasteiger partial charge in [-0.2, -0.15) is 5.21 Å². The topological polar surface area (TPSA) is 81.5 Å². The van der Waals surface area contributed by atoms with Gasteiger partial charge in [0.15, 0.2) is 0 Å². The third-order valence-electron chi connectivity index (χ3n) is 3.07. The molecular formula is C12H13ClN6O. The maximum atomic E-state index is 5.91. The van der Waals surface area contributed by atoms with E-state index in [0.29, 0.717) is 24.1 Å². The van der Waals surface area contributed by atoms with Gasteiger partial charge in [-0.15, -0.1) is 21.8 Å². The number of benzene rings is 1. The highest BCUT2D eigenvalue weighted by Crippen LogP contribution is 2.31. The van der Waals surface area contributed by atoms with E-state index in [1.807, 2.05) is 30.7 Å². The highest BCUT2D eigenvalue weighted by molar-refractivity contribution is 6.16. The van der Waals surface area contributed by atoms with Gasteiger partial charge in [0.1, 0.15) is 17.1 Å². The van der Waals surface area contributed by atoms with Crippen LogP contribution in [0.3, 0.4) is 0 Å². The van der Waals surface area contributed by atoms with Crippen molar-refractivity contribution < 1.29 is 4.74 Å². The molecule has 3 aromatic rings. The van der Waals surface area contributed by atoms with Gasteiger partial charge in [-0.25, -0.2) is 4.98 Å². The molecule has 0 unspecified atom stereocenters. The molecule has 3 rings (SSSR count). The van der Waals surface area contributed by atoms with Crippen LogP contribution in [-0.2, 0) is 12.9 Å². The predicted octanol–water partition coefficient (Wildman–Crippen LogP) is 1.89. The first-order chi connectivity index (χ1) is 9.74. The summed E-state index contributed by atoms with van der Waals surface area (Å²) in [5, 5.41) is 14.0. The number of ether oxygens (including phenoxy) is 1. The summed E-state index contributed by atoms with van der Waals surface area (Å²) < 4.78 is 7.60. The number of aryl methyl sites for hydroxylation is 1. The lowest BCUT2D eigenvalue weighted by Gasteiger charge is -2.06. The number of fused-ring (bicyclic) bond motifs is 1. The lowest BCUT2D eigenvalue weighted by molar-refractivity contribution is 0.344. The van der Waals surface area contributed by atoms with E-state index in [0.717, 1.165) is 22.4 Å². The van der Waals surface area contributed by atoms with Crippen molar-refractivity contribution in [1.29, 1.82) is 0 Å². The molecule has 2 heterocycles. The number of nitrogens with one attached hydrogen (secondary N) is 1. The fourth-order valence-electron chi connectivity index (χ4n) is 2.10. The van der Waals surface area contributed by atoms with Crippen LogP contribution in [0.15, 0.2) is 12.1 Å². The van der Waals surface area contributed by atoms with Crippen molar-refractivity contribution in [1.82, 2.24) is 30.2 Å². The summed E-state index contributed by atoms with van der Waals surface area (Å²) in [6.45, 7) is 2.48. The quantitative estimate of drug-likeness (QED) is 0.743. The Balaban J connectivity index is 2.27. The molecule has 0 aliphatic rings. The van der Waals surface area contributed by atoms with E-state index in [2.05, 4.69) is 25.6 Å². The van der Waals surface area contributed by atoms with E-state index in [-0.39, 0.29) is 0 Å². The predicted molar refractivity (Wildman–Crippen MR) is 74.6 cm³/mol. The number of aromatic amines is 1. The number of H-pyrrole nitrogens is 1. The maximum absolute atomic E-state index is 5.91. The zero-order valence-corrected chi connectivity index (χ0v) is 11.8. The number of tetrazole rings is 1. The van der Waals surface area contributed by atoms with Crippen LogP contribution in [0.5, 0.6) is 5.75 Å². The molecule has 0 aliphatic heterocycles. The number of aromatic nitrogens is 6. The molecule has 1 N–H and O–H groups in total. The number of alkyl halides is 1. The van der Waals surface area contributed by atoms with Crippen molar-refractivity contribution in [3.8, 4) is 17.1 Å². The number of nitrogens with zero attached hydrogens (tertiary/aromatic N) is 5. The summed E-state index contributed by atoms with van der Waals surface area (Å²) in [5.41, 5.74) is 2.53. The Morgan fingerprint density at radius 3 is 2.90 bits per heavy atom. The average Bonchev–Trinajstić information content (AvgIpc) is 3.08. The third-order valence-corrected chi connectivity index (χ3v) is 3.31. The largest absolute Gasteiger partial charge is 0.492 e. The molecule has 0 saturated heterocycles. The van der Waals surface area contributed by atoms with Crippen LogP contribution in [0.2, 0.25) is 0 Å². The number of rotatable bonds is 4. The van der Waals surface area contributed by atoms with Gasteiger partial charge in [-0.3, -0.25) is 0 Å². The normalized spacial score (nSPS) is 11.2. The van der Waals surface area contributed by atoms with Crippen molar-refractivity contribution in [3.63, 3.8) is 0 Å². The van der Waals surface area contributed by atoms with Crippen LogP contribution < -0.4 is 4.74 Å². The molecule has 7 nitrogen and oxygen atoms in total. The van der Waals surface area contributed by atoms with Crippen molar-refractivity contribution in [2.45, 2.75) is 12.8 Å². The minimum absolute atomic E-state index is 0.342.